The normalized spacial score (nSPS) is 13.1. The van der Waals surface area contributed by atoms with Crippen LogP contribution >= 0.6 is 11.8 Å². The zero-order chi connectivity index (χ0) is 23.0. The van der Waals surface area contributed by atoms with E-state index in [1.165, 1.54) is 5.56 Å². The Morgan fingerprint density at radius 3 is 1.63 bits per heavy atom. The molecule has 0 saturated heterocycles. The number of aromatic hydroxyl groups is 1. The molecular weight excluding hydrogens is 412 g/mol. The average Bonchev–Trinajstić information content (AvgIpc) is 2.61. The van der Waals surface area contributed by atoms with Gasteiger partial charge in [0.1, 0.15) is 5.75 Å². The van der Waals surface area contributed by atoms with Gasteiger partial charge in [-0.3, -0.25) is 0 Å². The third kappa shape index (κ3) is 8.19. The Labute approximate surface area is 190 Å². The van der Waals surface area contributed by atoms with E-state index in [-0.39, 0.29) is 10.8 Å². The maximum absolute atomic E-state index is 10.9. The first-order valence-corrected chi connectivity index (χ1v) is 14.3. The Morgan fingerprint density at radius 1 is 0.833 bits per heavy atom. The number of thioether (sulfide) groups is 1. The minimum atomic E-state index is -2.55. The van der Waals surface area contributed by atoms with Crippen molar-refractivity contribution in [2.24, 2.45) is 0 Å². The van der Waals surface area contributed by atoms with E-state index >= 15 is 0 Å². The fourth-order valence-corrected chi connectivity index (χ4v) is 7.27. The second-order valence-corrected chi connectivity index (χ2v) is 13.5. The summed E-state index contributed by atoms with van der Waals surface area (Å²) in [5.74, 6) is 2.40. The molecule has 6 heteroatoms. The molecule has 0 atom stereocenters. The SMILES string of the molecule is CCO[Si](CCCSCc1cc(C(C)(C)C)c(O)c(C(C)(C)C)c1)(OCC)OCC. The Kier molecular flexibility index (Phi) is 10.9. The van der Waals surface area contributed by atoms with Crippen LogP contribution < -0.4 is 0 Å². The molecule has 30 heavy (non-hydrogen) atoms. The monoisotopic (exact) mass is 456 g/mol. The van der Waals surface area contributed by atoms with Crippen LogP contribution in [0.4, 0.5) is 0 Å². The molecule has 0 bridgehead atoms. The number of hydrogen-bond acceptors (Lipinski definition) is 5. The Morgan fingerprint density at radius 2 is 1.27 bits per heavy atom. The summed E-state index contributed by atoms with van der Waals surface area (Å²) in [6.45, 7) is 20.8. The molecule has 0 unspecified atom stereocenters. The molecule has 174 valence electrons. The van der Waals surface area contributed by atoms with Crippen LogP contribution in [0, 0.1) is 0 Å². The first kappa shape index (κ1) is 27.5. The highest BCUT2D eigenvalue weighted by molar-refractivity contribution is 7.98. The summed E-state index contributed by atoms with van der Waals surface area (Å²) < 4.78 is 17.9. The van der Waals surface area contributed by atoms with Crippen molar-refractivity contribution in [3.63, 3.8) is 0 Å². The van der Waals surface area contributed by atoms with E-state index in [0.717, 1.165) is 35.1 Å². The molecule has 1 N–H and O–H groups in total. The maximum atomic E-state index is 10.9. The Hall–Kier alpha value is -0.533. The maximum Gasteiger partial charge on any atom is 0.500 e. The number of phenolic OH excluding ortho intramolecular Hbond substituents is 1. The molecule has 1 aromatic carbocycles. The van der Waals surface area contributed by atoms with Crippen molar-refractivity contribution in [2.45, 2.75) is 91.4 Å². The molecule has 0 spiro atoms. The van der Waals surface area contributed by atoms with Gasteiger partial charge in [-0.05, 0) is 60.5 Å². The van der Waals surface area contributed by atoms with Crippen LogP contribution in [-0.4, -0.2) is 39.5 Å². The van der Waals surface area contributed by atoms with Crippen molar-refractivity contribution >= 4 is 20.6 Å². The molecule has 1 rings (SSSR count). The summed E-state index contributed by atoms with van der Waals surface area (Å²) in [7, 11) is -2.55. The van der Waals surface area contributed by atoms with E-state index in [1.54, 1.807) is 0 Å². The van der Waals surface area contributed by atoms with Gasteiger partial charge in [-0.15, -0.1) is 0 Å². The fourth-order valence-electron chi connectivity index (χ4n) is 3.50. The van der Waals surface area contributed by atoms with Crippen molar-refractivity contribution in [1.82, 2.24) is 0 Å². The van der Waals surface area contributed by atoms with E-state index in [4.69, 9.17) is 13.3 Å². The van der Waals surface area contributed by atoms with E-state index in [0.29, 0.717) is 25.6 Å². The smallest absolute Gasteiger partial charge is 0.500 e. The second kappa shape index (κ2) is 11.9. The van der Waals surface area contributed by atoms with Crippen LogP contribution in [0.2, 0.25) is 6.04 Å². The summed E-state index contributed by atoms with van der Waals surface area (Å²) in [4.78, 5) is 0. The van der Waals surface area contributed by atoms with Gasteiger partial charge in [0, 0.05) is 31.6 Å². The highest BCUT2D eigenvalue weighted by Gasteiger charge is 2.39. The summed E-state index contributed by atoms with van der Waals surface area (Å²) in [5, 5.41) is 10.9. The van der Waals surface area contributed by atoms with Gasteiger partial charge >= 0.3 is 8.80 Å². The predicted molar refractivity (Wildman–Crippen MR) is 132 cm³/mol. The molecule has 4 nitrogen and oxygen atoms in total. The minimum Gasteiger partial charge on any atom is -0.507 e. The lowest BCUT2D eigenvalue weighted by Gasteiger charge is -2.28. The van der Waals surface area contributed by atoms with Gasteiger partial charge in [0.15, 0.2) is 0 Å². The molecule has 0 fully saturated rings. The van der Waals surface area contributed by atoms with Gasteiger partial charge in [-0.2, -0.15) is 11.8 Å². The highest BCUT2D eigenvalue weighted by Crippen LogP contribution is 2.40. The van der Waals surface area contributed by atoms with Gasteiger partial charge in [0.05, 0.1) is 0 Å². The van der Waals surface area contributed by atoms with E-state index in [9.17, 15) is 5.11 Å². The van der Waals surface area contributed by atoms with Crippen LogP contribution in [0.25, 0.3) is 0 Å². The second-order valence-electron chi connectivity index (χ2n) is 9.68. The molecule has 0 heterocycles. The highest BCUT2D eigenvalue weighted by atomic mass is 32.2. The zero-order valence-electron chi connectivity index (χ0n) is 20.7. The van der Waals surface area contributed by atoms with E-state index in [2.05, 4.69) is 53.7 Å². The predicted octanol–water partition coefficient (Wildman–Crippen LogP) is 6.66. The molecule has 1 aromatic rings. The van der Waals surface area contributed by atoms with Gasteiger partial charge in [0.2, 0.25) is 0 Å². The number of hydrogen-bond donors (Lipinski definition) is 1. The fraction of sp³-hybridized carbons (Fsp3) is 0.750. The lowest BCUT2D eigenvalue weighted by Crippen LogP contribution is -2.46. The van der Waals surface area contributed by atoms with Crippen LogP contribution in [0.3, 0.4) is 0 Å². The first-order chi connectivity index (χ1) is 13.9. The van der Waals surface area contributed by atoms with Crippen molar-refractivity contribution in [2.75, 3.05) is 25.6 Å². The zero-order valence-corrected chi connectivity index (χ0v) is 22.5. The number of rotatable bonds is 12. The van der Waals surface area contributed by atoms with E-state index < -0.39 is 8.80 Å². The average molecular weight is 457 g/mol. The summed E-state index contributed by atoms with van der Waals surface area (Å²) in [6, 6.07) is 5.21. The summed E-state index contributed by atoms with van der Waals surface area (Å²) in [5.41, 5.74) is 3.14. The molecule has 0 aromatic heterocycles. The van der Waals surface area contributed by atoms with Crippen molar-refractivity contribution in [3.8, 4) is 5.75 Å². The van der Waals surface area contributed by atoms with E-state index in [1.807, 2.05) is 32.5 Å². The third-order valence-corrected chi connectivity index (χ3v) is 9.19. The molecule has 0 amide bonds. The Bertz CT molecular complexity index is 598. The third-order valence-electron chi connectivity index (χ3n) is 4.92. The van der Waals surface area contributed by atoms with Gasteiger partial charge in [-0.1, -0.05) is 53.7 Å². The lowest BCUT2D eigenvalue weighted by molar-refractivity contribution is 0.0712. The standard InChI is InChI=1S/C24H44O4SSi/c1-10-26-30(27-11-2,28-12-3)15-13-14-29-18-19-16-20(23(4,5)6)22(25)21(17-19)24(7,8)9/h16-17,25H,10-15,18H2,1-9H3. The molecule has 0 radical (unpaired) electrons. The van der Waals surface area contributed by atoms with Crippen LogP contribution in [-0.2, 0) is 29.9 Å². The van der Waals surface area contributed by atoms with Gasteiger partial charge in [0.25, 0.3) is 0 Å². The van der Waals surface area contributed by atoms with Crippen LogP contribution in [0.1, 0.15) is 85.4 Å². The van der Waals surface area contributed by atoms with Crippen LogP contribution in [0.5, 0.6) is 5.75 Å². The number of benzene rings is 1. The topological polar surface area (TPSA) is 47.9 Å². The quantitative estimate of drug-likeness (QED) is 0.281. The van der Waals surface area contributed by atoms with Crippen LogP contribution in [0.15, 0.2) is 12.1 Å². The molecule has 0 aliphatic heterocycles. The van der Waals surface area contributed by atoms with Crippen molar-refractivity contribution in [1.29, 1.82) is 0 Å². The minimum absolute atomic E-state index is 0.0948. The Balaban J connectivity index is 2.83. The summed E-state index contributed by atoms with van der Waals surface area (Å²) in [6.07, 6.45) is 1.01. The lowest BCUT2D eigenvalue weighted by atomic mass is 9.78. The van der Waals surface area contributed by atoms with Gasteiger partial charge < -0.3 is 18.4 Å². The summed E-state index contributed by atoms with van der Waals surface area (Å²) >= 11 is 1.92. The molecular formula is C24H44O4SSi. The van der Waals surface area contributed by atoms with Crippen molar-refractivity contribution < 1.29 is 18.4 Å². The molecule has 0 saturated carbocycles. The molecule has 0 aliphatic rings. The van der Waals surface area contributed by atoms with Gasteiger partial charge in [-0.25, -0.2) is 0 Å². The van der Waals surface area contributed by atoms with Crippen molar-refractivity contribution in [3.05, 3.63) is 28.8 Å². The number of phenols is 1. The molecule has 0 aliphatic carbocycles. The largest absolute Gasteiger partial charge is 0.507 e. The first-order valence-electron chi connectivity index (χ1n) is 11.3.